The fourth-order valence-corrected chi connectivity index (χ4v) is 7.49. The van der Waals surface area contributed by atoms with Crippen molar-refractivity contribution in [1.29, 1.82) is 0 Å². The number of hydrogen-bond acceptors (Lipinski definition) is 7. The minimum Gasteiger partial charge on any atom is -0.490 e. The monoisotopic (exact) mass is 686 g/mol. The van der Waals surface area contributed by atoms with Crippen molar-refractivity contribution in [2.75, 3.05) is 38.7 Å². The number of carbonyl (C=O) groups is 2. The number of hydrogen-bond donors (Lipinski definition) is 3. The summed E-state index contributed by atoms with van der Waals surface area (Å²) in [7, 11) is -2.23. The Hall–Kier alpha value is -3.19. The number of nitrogens with one attached hydrogen (secondary N) is 2. The van der Waals surface area contributed by atoms with Gasteiger partial charge in [-0.25, -0.2) is 13.2 Å². The third-order valence-corrected chi connectivity index (χ3v) is 11.3. The standard InChI is InChI=1S/C36H54N4O7S/c1-25-14-17-31(18-15-25)48(44,45)39(5)23-34-26(2)22-40(27(3)24-41)35(42)32-21-30(38-36(43)37-29-12-7-6-8-13-29)16-19-33(32)47-28(4)11-9-10-20-46-34/h14-19,21,26-29,34,41H,6-13,20,22-24H2,1-5H3,(H2,37,38,43)/t26-,27-,28+,34-/m0/s1. The average Bonchev–Trinajstić information content (AvgIpc) is 3.06. The van der Waals surface area contributed by atoms with Crippen LogP contribution in [0.3, 0.4) is 0 Å². The molecule has 1 aliphatic heterocycles. The first kappa shape index (κ1) is 37.6. The van der Waals surface area contributed by atoms with E-state index in [2.05, 4.69) is 10.6 Å². The number of fused-ring (bicyclic) bond motifs is 1. The van der Waals surface area contributed by atoms with Gasteiger partial charge in [0.15, 0.2) is 0 Å². The van der Waals surface area contributed by atoms with Crippen LogP contribution in [0.15, 0.2) is 47.4 Å². The van der Waals surface area contributed by atoms with Crippen molar-refractivity contribution < 1.29 is 32.6 Å². The Morgan fingerprint density at radius 3 is 2.42 bits per heavy atom. The van der Waals surface area contributed by atoms with Crippen LogP contribution in [-0.2, 0) is 14.8 Å². The second kappa shape index (κ2) is 17.5. The SMILES string of the molecule is Cc1ccc(S(=O)(=O)N(C)C[C@@H]2OCCCC[C@@H](C)Oc3ccc(NC(=O)NC4CCCCC4)cc3C(=O)N([C@@H](C)CO)C[C@@H]2C)cc1. The Morgan fingerprint density at radius 1 is 1.04 bits per heavy atom. The van der Waals surface area contributed by atoms with E-state index in [4.69, 9.17) is 9.47 Å². The second-order valence-electron chi connectivity index (χ2n) is 13.5. The first-order chi connectivity index (χ1) is 22.9. The van der Waals surface area contributed by atoms with E-state index in [0.29, 0.717) is 18.0 Å². The van der Waals surface area contributed by atoms with Crippen LogP contribution in [0, 0.1) is 12.8 Å². The molecule has 0 aromatic heterocycles. The van der Waals surface area contributed by atoms with Gasteiger partial charge in [0, 0.05) is 44.4 Å². The lowest BCUT2D eigenvalue weighted by Crippen LogP contribution is -2.48. The Kier molecular flexibility index (Phi) is 13.7. The zero-order chi connectivity index (χ0) is 34.8. The maximum Gasteiger partial charge on any atom is 0.319 e. The lowest BCUT2D eigenvalue weighted by molar-refractivity contribution is -0.00833. The minimum absolute atomic E-state index is 0.0905. The average molecular weight is 687 g/mol. The number of benzene rings is 2. The second-order valence-corrected chi connectivity index (χ2v) is 15.6. The molecule has 11 nitrogen and oxygen atoms in total. The van der Waals surface area contributed by atoms with Crippen LogP contribution in [0.5, 0.6) is 5.75 Å². The maximum absolute atomic E-state index is 14.4. The van der Waals surface area contributed by atoms with Crippen molar-refractivity contribution >= 4 is 27.6 Å². The highest BCUT2D eigenvalue weighted by atomic mass is 32.2. The summed E-state index contributed by atoms with van der Waals surface area (Å²) >= 11 is 0. The summed E-state index contributed by atoms with van der Waals surface area (Å²) in [6.07, 6.45) is 6.85. The summed E-state index contributed by atoms with van der Waals surface area (Å²) in [4.78, 5) is 29.0. The van der Waals surface area contributed by atoms with Crippen LogP contribution in [0.1, 0.15) is 88.1 Å². The van der Waals surface area contributed by atoms with E-state index in [1.54, 1.807) is 61.3 Å². The van der Waals surface area contributed by atoms with Crippen molar-refractivity contribution in [2.24, 2.45) is 5.92 Å². The molecule has 2 aliphatic rings. The number of ether oxygens (including phenoxy) is 2. The van der Waals surface area contributed by atoms with E-state index >= 15 is 0 Å². The number of likely N-dealkylation sites (N-methyl/N-ethyl adjacent to an activating group) is 1. The third kappa shape index (κ3) is 10.2. The Morgan fingerprint density at radius 2 is 1.73 bits per heavy atom. The molecule has 3 N–H and O–H groups in total. The van der Waals surface area contributed by atoms with Gasteiger partial charge >= 0.3 is 6.03 Å². The number of carbonyl (C=O) groups excluding carboxylic acids is 2. The molecule has 3 amide bonds. The molecule has 266 valence electrons. The lowest BCUT2D eigenvalue weighted by Gasteiger charge is -2.35. The van der Waals surface area contributed by atoms with Crippen LogP contribution >= 0.6 is 0 Å². The van der Waals surface area contributed by atoms with Gasteiger partial charge in [0.1, 0.15) is 5.75 Å². The molecule has 0 radical (unpaired) electrons. The summed E-state index contributed by atoms with van der Waals surface area (Å²) in [6.45, 7) is 7.99. The molecule has 2 aromatic rings. The Bertz CT molecular complexity index is 1460. The number of sulfonamides is 1. The van der Waals surface area contributed by atoms with Crippen molar-refractivity contribution in [3.63, 3.8) is 0 Å². The number of aliphatic hydroxyl groups excluding tert-OH is 1. The summed E-state index contributed by atoms with van der Waals surface area (Å²) in [5.41, 5.74) is 1.70. The van der Waals surface area contributed by atoms with Crippen LogP contribution in [0.2, 0.25) is 0 Å². The smallest absolute Gasteiger partial charge is 0.319 e. The summed E-state index contributed by atoms with van der Waals surface area (Å²) < 4.78 is 40.9. The van der Waals surface area contributed by atoms with E-state index in [0.717, 1.165) is 50.5 Å². The molecule has 0 unspecified atom stereocenters. The quantitative estimate of drug-likeness (QED) is 0.331. The lowest BCUT2D eigenvalue weighted by atomic mass is 9.96. The maximum atomic E-state index is 14.4. The van der Waals surface area contributed by atoms with Crippen LogP contribution < -0.4 is 15.4 Å². The Labute approximate surface area is 286 Å². The normalized spacial score (nSPS) is 22.7. The summed E-state index contributed by atoms with van der Waals surface area (Å²) in [5.74, 6) is -0.256. The number of aliphatic hydroxyl groups is 1. The molecule has 0 bridgehead atoms. The zero-order valence-electron chi connectivity index (χ0n) is 29.1. The van der Waals surface area contributed by atoms with Crippen molar-refractivity contribution in [3.8, 4) is 5.75 Å². The molecule has 12 heteroatoms. The highest BCUT2D eigenvalue weighted by molar-refractivity contribution is 7.89. The fourth-order valence-electron chi connectivity index (χ4n) is 6.30. The predicted molar refractivity (Wildman–Crippen MR) is 187 cm³/mol. The van der Waals surface area contributed by atoms with E-state index in [1.807, 2.05) is 20.8 Å². The largest absolute Gasteiger partial charge is 0.490 e. The molecule has 4 rings (SSSR count). The number of anilines is 1. The number of rotatable bonds is 8. The van der Waals surface area contributed by atoms with Gasteiger partial charge in [0.25, 0.3) is 5.91 Å². The van der Waals surface area contributed by atoms with Gasteiger partial charge in [-0.05, 0) is 83.2 Å². The number of urea groups is 1. The van der Waals surface area contributed by atoms with Crippen molar-refractivity contribution in [1.82, 2.24) is 14.5 Å². The molecule has 1 fully saturated rings. The van der Waals surface area contributed by atoms with Gasteiger partial charge in [-0.2, -0.15) is 4.31 Å². The van der Waals surface area contributed by atoms with Crippen molar-refractivity contribution in [2.45, 2.75) is 108 Å². The molecule has 1 saturated carbocycles. The van der Waals surface area contributed by atoms with E-state index in [9.17, 15) is 23.1 Å². The highest BCUT2D eigenvalue weighted by Crippen LogP contribution is 2.29. The van der Waals surface area contributed by atoms with Gasteiger partial charge < -0.3 is 30.1 Å². The molecule has 1 aliphatic carbocycles. The molecular weight excluding hydrogens is 632 g/mol. The number of aryl methyl sites for hydroxylation is 1. The van der Waals surface area contributed by atoms with Gasteiger partial charge in [-0.15, -0.1) is 0 Å². The predicted octanol–water partition coefficient (Wildman–Crippen LogP) is 5.57. The summed E-state index contributed by atoms with van der Waals surface area (Å²) in [5, 5.41) is 16.2. The van der Waals surface area contributed by atoms with Crippen LogP contribution in [0.4, 0.5) is 10.5 Å². The highest BCUT2D eigenvalue weighted by Gasteiger charge is 2.32. The molecule has 2 aromatic carbocycles. The fraction of sp³-hybridized carbons (Fsp3) is 0.611. The van der Waals surface area contributed by atoms with Gasteiger partial charge in [0.2, 0.25) is 10.0 Å². The number of amides is 3. The number of nitrogens with zero attached hydrogens (tertiary/aromatic N) is 2. The Balaban J connectivity index is 1.60. The van der Waals surface area contributed by atoms with E-state index in [1.165, 1.54) is 10.7 Å². The molecule has 0 saturated heterocycles. The molecule has 4 atom stereocenters. The minimum atomic E-state index is -3.78. The molecule has 48 heavy (non-hydrogen) atoms. The third-order valence-electron chi connectivity index (χ3n) is 9.42. The van der Waals surface area contributed by atoms with Gasteiger partial charge in [0.05, 0.1) is 35.3 Å². The first-order valence-electron chi connectivity index (χ1n) is 17.3. The van der Waals surface area contributed by atoms with Crippen LogP contribution in [-0.4, -0.2) is 92.3 Å². The zero-order valence-corrected chi connectivity index (χ0v) is 29.9. The van der Waals surface area contributed by atoms with Crippen molar-refractivity contribution in [3.05, 3.63) is 53.6 Å². The van der Waals surface area contributed by atoms with Crippen LogP contribution in [0.25, 0.3) is 0 Å². The molecule has 0 spiro atoms. The van der Waals surface area contributed by atoms with Gasteiger partial charge in [-0.3, -0.25) is 4.79 Å². The molecule has 1 heterocycles. The summed E-state index contributed by atoms with van der Waals surface area (Å²) in [6, 6.07) is 11.1. The molecular formula is C36H54N4O7S. The van der Waals surface area contributed by atoms with E-state index < -0.39 is 22.2 Å². The van der Waals surface area contributed by atoms with E-state index in [-0.39, 0.29) is 60.2 Å². The van der Waals surface area contributed by atoms with Gasteiger partial charge in [-0.1, -0.05) is 43.9 Å². The first-order valence-corrected chi connectivity index (χ1v) is 18.8. The topological polar surface area (TPSA) is 138 Å².